The van der Waals surface area contributed by atoms with Crippen LogP contribution in [0.4, 0.5) is 0 Å². The van der Waals surface area contributed by atoms with Gasteiger partial charge in [-0.15, -0.1) is 24.0 Å². The molecule has 0 radical (unpaired) electrons. The van der Waals surface area contributed by atoms with Crippen LogP contribution < -0.4 is 16.4 Å². The molecule has 2 fully saturated rings. The fraction of sp³-hybridized carbons (Fsp3) is 0.857. The van der Waals surface area contributed by atoms with Crippen molar-refractivity contribution in [3.05, 3.63) is 0 Å². The van der Waals surface area contributed by atoms with Gasteiger partial charge in [0.2, 0.25) is 5.91 Å². The second kappa shape index (κ2) is 9.41. The van der Waals surface area contributed by atoms with Gasteiger partial charge in [0.05, 0.1) is 0 Å². The molecule has 0 aromatic heterocycles. The Morgan fingerprint density at radius 1 is 1.10 bits per heavy atom. The smallest absolute Gasteiger partial charge is 0.223 e. The Bertz CT molecular complexity index is 327. The van der Waals surface area contributed by atoms with Gasteiger partial charge < -0.3 is 16.4 Å². The van der Waals surface area contributed by atoms with Crippen LogP contribution in [0.5, 0.6) is 0 Å². The summed E-state index contributed by atoms with van der Waals surface area (Å²) in [4.78, 5) is 15.9. The predicted molar refractivity (Wildman–Crippen MR) is 92.2 cm³/mol. The largest absolute Gasteiger partial charge is 0.370 e. The average Bonchev–Trinajstić information content (AvgIpc) is 2.24. The van der Waals surface area contributed by atoms with E-state index >= 15 is 0 Å². The first-order valence-corrected chi connectivity index (χ1v) is 7.57. The number of hydrogen-bond acceptors (Lipinski definition) is 2. The Morgan fingerprint density at radius 3 is 2.30 bits per heavy atom. The number of hydrogen-bond donors (Lipinski definition) is 3. The van der Waals surface area contributed by atoms with E-state index in [0.717, 1.165) is 44.8 Å². The van der Waals surface area contributed by atoms with Crippen LogP contribution in [0.1, 0.15) is 44.9 Å². The summed E-state index contributed by atoms with van der Waals surface area (Å²) < 4.78 is 0. The quantitative estimate of drug-likeness (QED) is 0.266. The SMILES string of the molecule is I.NC(=NCC1CCC1)NCCCNC(=O)C1CCC1. The zero-order valence-corrected chi connectivity index (χ0v) is 14.4. The number of amides is 1. The standard InChI is InChI=1S/C14H26N4O.HI/c15-14(18-10-11-4-1-5-11)17-9-3-8-16-13(19)12-6-2-7-12;/h11-12H,1-10H2,(H,16,19)(H3,15,17,18);1H. The van der Waals surface area contributed by atoms with Gasteiger partial charge in [-0.1, -0.05) is 12.8 Å². The summed E-state index contributed by atoms with van der Waals surface area (Å²) in [5.41, 5.74) is 5.77. The van der Waals surface area contributed by atoms with E-state index in [4.69, 9.17) is 5.73 Å². The molecule has 0 saturated heterocycles. The monoisotopic (exact) mass is 394 g/mol. The molecule has 0 spiro atoms. The lowest BCUT2D eigenvalue weighted by molar-refractivity contribution is -0.127. The maximum atomic E-state index is 11.6. The van der Waals surface area contributed by atoms with Gasteiger partial charge in [0, 0.05) is 25.6 Å². The molecule has 1 amide bonds. The molecule has 4 N–H and O–H groups in total. The number of carbonyl (C=O) groups is 1. The number of nitrogens with zero attached hydrogens (tertiary/aromatic N) is 1. The van der Waals surface area contributed by atoms with Gasteiger partial charge in [-0.2, -0.15) is 0 Å². The summed E-state index contributed by atoms with van der Waals surface area (Å²) in [6.07, 6.45) is 8.14. The zero-order valence-electron chi connectivity index (χ0n) is 12.1. The van der Waals surface area contributed by atoms with Crippen molar-refractivity contribution in [2.75, 3.05) is 19.6 Å². The number of carbonyl (C=O) groups excluding carboxylic acids is 1. The highest BCUT2D eigenvalue weighted by atomic mass is 127. The summed E-state index contributed by atoms with van der Waals surface area (Å²) in [6.45, 7) is 2.35. The molecular weight excluding hydrogens is 367 g/mol. The Balaban J connectivity index is 0.00000200. The van der Waals surface area contributed by atoms with Gasteiger partial charge in [-0.3, -0.25) is 9.79 Å². The minimum Gasteiger partial charge on any atom is -0.370 e. The molecule has 0 unspecified atom stereocenters. The molecule has 0 aromatic rings. The van der Waals surface area contributed by atoms with Crippen molar-refractivity contribution in [3.63, 3.8) is 0 Å². The zero-order chi connectivity index (χ0) is 13.5. The van der Waals surface area contributed by atoms with E-state index in [-0.39, 0.29) is 35.8 Å². The highest BCUT2D eigenvalue weighted by Crippen LogP contribution is 2.26. The Hall–Kier alpha value is -0.530. The van der Waals surface area contributed by atoms with E-state index in [1.165, 1.54) is 25.7 Å². The first-order chi connectivity index (χ1) is 9.25. The van der Waals surface area contributed by atoms with Crippen LogP contribution in [0, 0.1) is 11.8 Å². The fourth-order valence-electron chi connectivity index (χ4n) is 2.29. The minimum absolute atomic E-state index is 0. The van der Waals surface area contributed by atoms with E-state index in [0.29, 0.717) is 5.96 Å². The Morgan fingerprint density at radius 2 is 1.75 bits per heavy atom. The normalized spacial score (nSPS) is 19.5. The first-order valence-electron chi connectivity index (χ1n) is 7.57. The summed E-state index contributed by atoms with van der Waals surface area (Å²) in [5, 5.41) is 6.06. The second-order valence-electron chi connectivity index (χ2n) is 5.72. The van der Waals surface area contributed by atoms with Gasteiger partial charge in [0.1, 0.15) is 0 Å². The number of aliphatic imine (C=N–C) groups is 1. The molecule has 2 aliphatic rings. The van der Waals surface area contributed by atoms with Crippen molar-refractivity contribution < 1.29 is 4.79 Å². The van der Waals surface area contributed by atoms with Crippen LogP contribution in [0.15, 0.2) is 4.99 Å². The lowest BCUT2D eigenvalue weighted by atomic mass is 9.85. The van der Waals surface area contributed by atoms with Gasteiger partial charge in [0.15, 0.2) is 5.96 Å². The average molecular weight is 394 g/mol. The molecule has 2 aliphatic carbocycles. The van der Waals surface area contributed by atoms with Crippen molar-refractivity contribution in [2.45, 2.75) is 44.9 Å². The summed E-state index contributed by atoms with van der Waals surface area (Å²) in [5.74, 6) is 1.79. The molecule has 0 aromatic carbocycles. The minimum atomic E-state index is 0. The summed E-state index contributed by atoms with van der Waals surface area (Å²) >= 11 is 0. The highest BCUT2D eigenvalue weighted by molar-refractivity contribution is 14.0. The molecule has 20 heavy (non-hydrogen) atoms. The van der Waals surface area contributed by atoms with E-state index in [2.05, 4.69) is 15.6 Å². The van der Waals surface area contributed by atoms with Crippen LogP contribution in [0.3, 0.4) is 0 Å². The highest BCUT2D eigenvalue weighted by Gasteiger charge is 2.24. The van der Waals surface area contributed by atoms with Crippen LogP contribution in [-0.4, -0.2) is 31.5 Å². The topological polar surface area (TPSA) is 79.5 Å². The van der Waals surface area contributed by atoms with E-state index in [1.807, 2.05) is 0 Å². The Kier molecular flexibility index (Phi) is 8.25. The molecule has 0 atom stereocenters. The van der Waals surface area contributed by atoms with Crippen LogP contribution in [0.25, 0.3) is 0 Å². The molecule has 6 heteroatoms. The van der Waals surface area contributed by atoms with Gasteiger partial charge >= 0.3 is 0 Å². The molecule has 2 saturated carbocycles. The molecule has 0 bridgehead atoms. The number of rotatable bonds is 7. The van der Waals surface area contributed by atoms with Crippen molar-refractivity contribution in [3.8, 4) is 0 Å². The molecule has 5 nitrogen and oxygen atoms in total. The van der Waals surface area contributed by atoms with Gasteiger partial charge in [0.25, 0.3) is 0 Å². The summed E-state index contributed by atoms with van der Waals surface area (Å²) in [7, 11) is 0. The van der Waals surface area contributed by atoms with Crippen LogP contribution in [0.2, 0.25) is 0 Å². The maximum Gasteiger partial charge on any atom is 0.223 e. The fourth-order valence-corrected chi connectivity index (χ4v) is 2.29. The second-order valence-corrected chi connectivity index (χ2v) is 5.72. The molecule has 116 valence electrons. The predicted octanol–water partition coefficient (Wildman–Crippen LogP) is 1.62. The summed E-state index contributed by atoms with van der Waals surface area (Å²) in [6, 6.07) is 0. The van der Waals surface area contributed by atoms with Crippen molar-refractivity contribution in [2.24, 2.45) is 22.6 Å². The van der Waals surface area contributed by atoms with Crippen molar-refractivity contribution in [1.82, 2.24) is 10.6 Å². The number of nitrogens with one attached hydrogen (secondary N) is 2. The Labute approximate surface area is 138 Å². The number of halogens is 1. The number of guanidine groups is 1. The third-order valence-corrected chi connectivity index (χ3v) is 4.18. The van der Waals surface area contributed by atoms with Crippen molar-refractivity contribution in [1.29, 1.82) is 0 Å². The van der Waals surface area contributed by atoms with E-state index in [9.17, 15) is 4.79 Å². The molecule has 0 heterocycles. The van der Waals surface area contributed by atoms with E-state index in [1.54, 1.807) is 0 Å². The molecule has 2 rings (SSSR count). The van der Waals surface area contributed by atoms with Gasteiger partial charge in [-0.05, 0) is 38.0 Å². The lowest BCUT2D eigenvalue weighted by Gasteiger charge is -2.24. The van der Waals surface area contributed by atoms with Crippen molar-refractivity contribution >= 4 is 35.8 Å². The van der Waals surface area contributed by atoms with Gasteiger partial charge in [-0.25, -0.2) is 0 Å². The number of nitrogens with two attached hydrogens (primary N) is 1. The molecule has 0 aliphatic heterocycles. The molecular formula is C14H27IN4O. The van der Waals surface area contributed by atoms with E-state index < -0.39 is 0 Å². The lowest BCUT2D eigenvalue weighted by Crippen LogP contribution is -2.37. The van der Waals surface area contributed by atoms with Crippen LogP contribution >= 0.6 is 24.0 Å². The third-order valence-electron chi connectivity index (χ3n) is 4.18. The maximum absolute atomic E-state index is 11.6. The first kappa shape index (κ1) is 17.5. The third kappa shape index (κ3) is 5.85. The van der Waals surface area contributed by atoms with Crippen LogP contribution in [-0.2, 0) is 4.79 Å².